The summed E-state index contributed by atoms with van der Waals surface area (Å²) in [4.78, 5) is 19.5. The lowest BCUT2D eigenvalue weighted by Crippen LogP contribution is -2.30. The summed E-state index contributed by atoms with van der Waals surface area (Å²) >= 11 is 0. The molecule has 2 heterocycles. The number of aromatic nitrogens is 1. The first-order chi connectivity index (χ1) is 13.8. The minimum atomic E-state index is -3.67. The lowest BCUT2D eigenvalue weighted by atomic mass is 10.1. The molecule has 0 bridgehead atoms. The third-order valence-corrected chi connectivity index (χ3v) is 6.50. The van der Waals surface area contributed by atoms with E-state index in [0.29, 0.717) is 16.8 Å². The van der Waals surface area contributed by atoms with Gasteiger partial charge in [-0.25, -0.2) is 18.1 Å². The van der Waals surface area contributed by atoms with Gasteiger partial charge >= 0.3 is 0 Å². The van der Waals surface area contributed by atoms with Crippen molar-refractivity contribution in [3.63, 3.8) is 0 Å². The number of hydrogen-bond donors (Lipinski definition) is 2. The van der Waals surface area contributed by atoms with Gasteiger partial charge in [0.05, 0.1) is 16.8 Å². The second-order valence-electron chi connectivity index (χ2n) is 7.66. The van der Waals surface area contributed by atoms with Crippen LogP contribution in [0.3, 0.4) is 0 Å². The molecule has 0 radical (unpaired) electrons. The summed E-state index contributed by atoms with van der Waals surface area (Å²) in [5.41, 5.74) is 1.59. The van der Waals surface area contributed by atoms with E-state index in [2.05, 4.69) is 19.9 Å². The minimum absolute atomic E-state index is 0.0699. The predicted octanol–water partition coefficient (Wildman–Crippen LogP) is 3.32. The zero-order valence-corrected chi connectivity index (χ0v) is 17.9. The molecule has 7 nitrogen and oxygen atoms in total. The minimum Gasteiger partial charge on any atom is -0.357 e. The summed E-state index contributed by atoms with van der Waals surface area (Å²) in [6, 6.07) is 8.05. The van der Waals surface area contributed by atoms with Crippen LogP contribution < -0.4 is 14.9 Å². The van der Waals surface area contributed by atoms with E-state index in [1.54, 1.807) is 33.0 Å². The molecule has 0 saturated carbocycles. The topological polar surface area (TPSA) is 91.4 Å². The quantitative estimate of drug-likeness (QED) is 0.754. The molecule has 3 rings (SSSR count). The molecule has 0 atom stereocenters. The fourth-order valence-electron chi connectivity index (χ4n) is 3.36. The van der Waals surface area contributed by atoms with E-state index < -0.39 is 10.0 Å². The van der Waals surface area contributed by atoms with Gasteiger partial charge in [0.25, 0.3) is 5.91 Å². The van der Waals surface area contributed by atoms with Crippen LogP contribution in [0, 0.1) is 6.92 Å². The Labute approximate surface area is 172 Å². The van der Waals surface area contributed by atoms with Crippen LogP contribution >= 0.6 is 0 Å². The number of carbonyl (C=O) groups is 1. The van der Waals surface area contributed by atoms with Gasteiger partial charge in [-0.05, 0) is 69.9 Å². The highest BCUT2D eigenvalue weighted by Gasteiger charge is 2.19. The molecular weight excluding hydrogens is 388 g/mol. The van der Waals surface area contributed by atoms with Gasteiger partial charge in [0.2, 0.25) is 10.0 Å². The molecule has 1 aliphatic rings. The molecule has 0 spiro atoms. The lowest BCUT2D eigenvalue weighted by Gasteiger charge is -2.27. The number of aryl methyl sites for hydroxylation is 1. The summed E-state index contributed by atoms with van der Waals surface area (Å²) in [7, 11) is -3.67. The number of benzene rings is 1. The SMILES string of the molecule is Cc1ccc(S(=O)(=O)NC(C)C)cc1C(=O)Nc1ccc(N2CCCCC2)nc1. The Morgan fingerprint density at radius 3 is 2.45 bits per heavy atom. The maximum Gasteiger partial charge on any atom is 0.256 e. The van der Waals surface area contributed by atoms with E-state index >= 15 is 0 Å². The fraction of sp³-hybridized carbons (Fsp3) is 0.429. The molecule has 1 amide bonds. The zero-order valence-electron chi connectivity index (χ0n) is 17.1. The van der Waals surface area contributed by atoms with Gasteiger partial charge in [-0.3, -0.25) is 4.79 Å². The van der Waals surface area contributed by atoms with Crippen LogP contribution in [0.15, 0.2) is 41.4 Å². The largest absolute Gasteiger partial charge is 0.357 e. The Balaban J connectivity index is 1.75. The number of amides is 1. The number of pyridine rings is 1. The first-order valence-corrected chi connectivity index (χ1v) is 11.4. The molecule has 1 saturated heterocycles. The van der Waals surface area contributed by atoms with Crippen molar-refractivity contribution in [1.29, 1.82) is 0 Å². The second-order valence-corrected chi connectivity index (χ2v) is 9.37. The summed E-state index contributed by atoms with van der Waals surface area (Å²) in [5, 5.41) is 2.81. The van der Waals surface area contributed by atoms with Crippen LogP contribution in [-0.4, -0.2) is 38.4 Å². The van der Waals surface area contributed by atoms with Gasteiger partial charge in [0.15, 0.2) is 0 Å². The first kappa shape index (κ1) is 21.3. The number of carbonyl (C=O) groups excluding carboxylic acids is 1. The summed E-state index contributed by atoms with van der Waals surface area (Å²) in [6.07, 6.45) is 5.23. The second kappa shape index (κ2) is 8.92. The Kier molecular flexibility index (Phi) is 6.54. The van der Waals surface area contributed by atoms with E-state index in [9.17, 15) is 13.2 Å². The summed E-state index contributed by atoms with van der Waals surface area (Å²) in [5.74, 6) is 0.545. The molecule has 1 aromatic heterocycles. The van der Waals surface area contributed by atoms with Crippen LogP contribution in [0.25, 0.3) is 0 Å². The monoisotopic (exact) mass is 416 g/mol. The van der Waals surface area contributed by atoms with Crippen LogP contribution in [0.2, 0.25) is 0 Å². The third-order valence-electron chi connectivity index (χ3n) is 4.84. The summed E-state index contributed by atoms with van der Waals surface area (Å²) in [6.45, 7) is 7.28. The van der Waals surface area contributed by atoms with Crippen molar-refractivity contribution in [2.75, 3.05) is 23.3 Å². The van der Waals surface area contributed by atoms with Crippen LogP contribution in [-0.2, 0) is 10.0 Å². The Hall–Kier alpha value is -2.45. The normalized spacial score (nSPS) is 14.8. The van der Waals surface area contributed by atoms with Crippen molar-refractivity contribution in [3.8, 4) is 0 Å². The zero-order chi connectivity index (χ0) is 21.0. The van der Waals surface area contributed by atoms with Crippen molar-refractivity contribution >= 4 is 27.4 Å². The van der Waals surface area contributed by atoms with E-state index in [0.717, 1.165) is 18.9 Å². The predicted molar refractivity (Wildman–Crippen MR) is 115 cm³/mol. The highest BCUT2D eigenvalue weighted by molar-refractivity contribution is 7.89. The molecule has 8 heteroatoms. The van der Waals surface area contributed by atoms with Gasteiger partial charge in [-0.15, -0.1) is 0 Å². The van der Waals surface area contributed by atoms with Crippen molar-refractivity contribution in [3.05, 3.63) is 47.7 Å². The standard InChI is InChI=1S/C21H28N4O3S/c1-15(2)24-29(27,28)18-9-7-16(3)19(13-18)21(26)23-17-8-10-20(22-14-17)25-11-5-4-6-12-25/h7-10,13-15,24H,4-6,11-12H2,1-3H3,(H,23,26). The number of anilines is 2. The number of nitrogens with one attached hydrogen (secondary N) is 2. The van der Waals surface area contributed by atoms with Crippen molar-refractivity contribution in [2.24, 2.45) is 0 Å². The Bertz CT molecular complexity index is 966. The Morgan fingerprint density at radius 2 is 1.83 bits per heavy atom. The molecule has 29 heavy (non-hydrogen) atoms. The molecule has 0 aliphatic carbocycles. The third kappa shape index (κ3) is 5.33. The average Bonchev–Trinajstić information content (AvgIpc) is 2.68. The number of piperidine rings is 1. The van der Waals surface area contributed by atoms with E-state index in [1.807, 2.05) is 12.1 Å². The van der Waals surface area contributed by atoms with Crippen molar-refractivity contribution in [2.45, 2.75) is 51.0 Å². The maximum atomic E-state index is 12.8. The van der Waals surface area contributed by atoms with E-state index in [1.165, 1.54) is 31.4 Å². The summed E-state index contributed by atoms with van der Waals surface area (Å²) < 4.78 is 27.4. The molecule has 0 unspecified atom stereocenters. The number of nitrogens with zero attached hydrogens (tertiary/aromatic N) is 2. The number of hydrogen-bond acceptors (Lipinski definition) is 5. The van der Waals surface area contributed by atoms with Crippen molar-refractivity contribution in [1.82, 2.24) is 9.71 Å². The molecule has 2 N–H and O–H groups in total. The van der Waals surface area contributed by atoms with Gasteiger partial charge in [0.1, 0.15) is 5.82 Å². The van der Waals surface area contributed by atoms with Gasteiger partial charge in [-0.2, -0.15) is 0 Å². The number of rotatable bonds is 6. The highest BCUT2D eigenvalue weighted by atomic mass is 32.2. The smallest absolute Gasteiger partial charge is 0.256 e. The molecule has 2 aromatic rings. The lowest BCUT2D eigenvalue weighted by molar-refractivity contribution is 0.102. The maximum absolute atomic E-state index is 12.8. The molecule has 156 valence electrons. The Morgan fingerprint density at radius 1 is 1.10 bits per heavy atom. The van der Waals surface area contributed by atoms with Crippen molar-refractivity contribution < 1.29 is 13.2 Å². The van der Waals surface area contributed by atoms with E-state index in [4.69, 9.17) is 0 Å². The molecule has 1 fully saturated rings. The van der Waals surface area contributed by atoms with Gasteiger partial charge in [0, 0.05) is 24.7 Å². The van der Waals surface area contributed by atoms with Crippen LogP contribution in [0.4, 0.5) is 11.5 Å². The molecule has 1 aliphatic heterocycles. The molecule has 1 aromatic carbocycles. The average molecular weight is 417 g/mol. The van der Waals surface area contributed by atoms with Crippen LogP contribution in [0.5, 0.6) is 0 Å². The number of sulfonamides is 1. The van der Waals surface area contributed by atoms with Gasteiger partial charge in [-0.1, -0.05) is 6.07 Å². The van der Waals surface area contributed by atoms with Gasteiger partial charge < -0.3 is 10.2 Å². The molecular formula is C21H28N4O3S. The highest BCUT2D eigenvalue weighted by Crippen LogP contribution is 2.21. The van der Waals surface area contributed by atoms with Crippen LogP contribution in [0.1, 0.15) is 49.0 Å². The fourth-order valence-corrected chi connectivity index (χ4v) is 4.64. The first-order valence-electron chi connectivity index (χ1n) is 9.91. The van der Waals surface area contributed by atoms with E-state index in [-0.39, 0.29) is 16.8 Å².